The Labute approximate surface area is 82.3 Å². The second-order valence-corrected chi connectivity index (χ2v) is 4.94. The zero-order valence-corrected chi connectivity index (χ0v) is 9.27. The van der Waals surface area contributed by atoms with Crippen LogP contribution in [0.2, 0.25) is 0 Å². The van der Waals surface area contributed by atoms with Gasteiger partial charge in [-0.2, -0.15) is 0 Å². The van der Waals surface area contributed by atoms with Crippen LogP contribution in [0.25, 0.3) is 0 Å². The van der Waals surface area contributed by atoms with Crippen LogP contribution in [0.1, 0.15) is 40.0 Å². The van der Waals surface area contributed by atoms with Gasteiger partial charge in [0.05, 0.1) is 0 Å². The van der Waals surface area contributed by atoms with Crippen LogP contribution in [0.3, 0.4) is 0 Å². The summed E-state index contributed by atoms with van der Waals surface area (Å²) in [4.78, 5) is 0. The predicted molar refractivity (Wildman–Crippen MR) is 57.6 cm³/mol. The summed E-state index contributed by atoms with van der Waals surface area (Å²) >= 11 is 0. The summed E-state index contributed by atoms with van der Waals surface area (Å²) in [6.07, 6.45) is 4.23. The Morgan fingerprint density at radius 1 is 1.46 bits per heavy atom. The SMILES string of the molecule is CC(C)C(C)(CN)NCCC1CC1. The average molecular weight is 184 g/mol. The van der Waals surface area contributed by atoms with Crippen LogP contribution in [0.15, 0.2) is 0 Å². The quantitative estimate of drug-likeness (QED) is 0.660. The van der Waals surface area contributed by atoms with Crippen molar-refractivity contribution in [3.63, 3.8) is 0 Å². The lowest BCUT2D eigenvalue weighted by atomic mass is 9.88. The van der Waals surface area contributed by atoms with E-state index < -0.39 is 0 Å². The molecule has 1 saturated carbocycles. The largest absolute Gasteiger partial charge is 0.329 e. The molecular weight excluding hydrogens is 160 g/mol. The first kappa shape index (κ1) is 11.0. The fourth-order valence-electron chi connectivity index (χ4n) is 1.48. The second-order valence-electron chi connectivity index (χ2n) is 4.94. The van der Waals surface area contributed by atoms with Gasteiger partial charge in [-0.05, 0) is 31.7 Å². The van der Waals surface area contributed by atoms with Gasteiger partial charge in [-0.25, -0.2) is 0 Å². The lowest BCUT2D eigenvalue weighted by Gasteiger charge is -2.33. The molecule has 2 nitrogen and oxygen atoms in total. The number of hydrogen-bond acceptors (Lipinski definition) is 2. The van der Waals surface area contributed by atoms with E-state index in [9.17, 15) is 0 Å². The molecule has 0 radical (unpaired) electrons. The van der Waals surface area contributed by atoms with E-state index in [1.54, 1.807) is 0 Å². The van der Waals surface area contributed by atoms with Gasteiger partial charge in [-0.1, -0.05) is 26.7 Å². The monoisotopic (exact) mass is 184 g/mol. The summed E-state index contributed by atoms with van der Waals surface area (Å²) in [5, 5.41) is 3.59. The van der Waals surface area contributed by atoms with Crippen LogP contribution in [0.5, 0.6) is 0 Å². The van der Waals surface area contributed by atoms with Crippen LogP contribution >= 0.6 is 0 Å². The van der Waals surface area contributed by atoms with Crippen LogP contribution < -0.4 is 11.1 Å². The average Bonchev–Trinajstić information content (AvgIpc) is 2.87. The molecule has 0 amide bonds. The van der Waals surface area contributed by atoms with Crippen molar-refractivity contribution >= 4 is 0 Å². The maximum atomic E-state index is 5.78. The van der Waals surface area contributed by atoms with Crippen LogP contribution in [0, 0.1) is 11.8 Å². The fraction of sp³-hybridized carbons (Fsp3) is 1.00. The molecule has 1 fully saturated rings. The molecular formula is C11H24N2. The Morgan fingerprint density at radius 3 is 2.46 bits per heavy atom. The topological polar surface area (TPSA) is 38.0 Å². The molecule has 0 saturated heterocycles. The van der Waals surface area contributed by atoms with Crippen molar-refractivity contribution < 1.29 is 0 Å². The third-order valence-corrected chi connectivity index (χ3v) is 3.48. The van der Waals surface area contributed by atoms with Crippen LogP contribution in [-0.2, 0) is 0 Å². The first-order valence-corrected chi connectivity index (χ1v) is 5.53. The summed E-state index contributed by atoms with van der Waals surface area (Å²) < 4.78 is 0. The van der Waals surface area contributed by atoms with Gasteiger partial charge in [-0.15, -0.1) is 0 Å². The number of nitrogens with two attached hydrogens (primary N) is 1. The van der Waals surface area contributed by atoms with E-state index in [0.717, 1.165) is 19.0 Å². The molecule has 0 aromatic rings. The summed E-state index contributed by atoms with van der Waals surface area (Å²) in [6.45, 7) is 8.56. The normalized spacial score (nSPS) is 21.9. The van der Waals surface area contributed by atoms with E-state index in [-0.39, 0.29) is 5.54 Å². The summed E-state index contributed by atoms with van der Waals surface area (Å²) in [5.74, 6) is 1.62. The van der Waals surface area contributed by atoms with Crippen molar-refractivity contribution in [2.24, 2.45) is 17.6 Å². The Kier molecular flexibility index (Phi) is 3.74. The molecule has 1 rings (SSSR count). The molecule has 1 aliphatic rings. The van der Waals surface area contributed by atoms with Gasteiger partial charge < -0.3 is 11.1 Å². The van der Waals surface area contributed by atoms with Gasteiger partial charge in [0.25, 0.3) is 0 Å². The molecule has 0 bridgehead atoms. The smallest absolute Gasteiger partial charge is 0.0298 e. The minimum atomic E-state index is 0.134. The minimum absolute atomic E-state index is 0.134. The van der Waals surface area contributed by atoms with Crippen molar-refractivity contribution in [2.75, 3.05) is 13.1 Å². The van der Waals surface area contributed by atoms with E-state index in [0.29, 0.717) is 5.92 Å². The fourth-order valence-corrected chi connectivity index (χ4v) is 1.48. The Bertz CT molecular complexity index is 152. The number of hydrogen-bond donors (Lipinski definition) is 2. The zero-order valence-electron chi connectivity index (χ0n) is 9.27. The van der Waals surface area contributed by atoms with Gasteiger partial charge >= 0.3 is 0 Å². The van der Waals surface area contributed by atoms with Gasteiger partial charge in [0.2, 0.25) is 0 Å². The van der Waals surface area contributed by atoms with Crippen molar-refractivity contribution in [1.82, 2.24) is 5.32 Å². The molecule has 1 unspecified atom stereocenters. The summed E-state index contributed by atoms with van der Waals surface area (Å²) in [5.41, 5.74) is 5.91. The van der Waals surface area contributed by atoms with Gasteiger partial charge in [0.1, 0.15) is 0 Å². The van der Waals surface area contributed by atoms with Crippen molar-refractivity contribution in [3.8, 4) is 0 Å². The molecule has 0 aromatic carbocycles. The summed E-state index contributed by atoms with van der Waals surface area (Å²) in [7, 11) is 0. The summed E-state index contributed by atoms with van der Waals surface area (Å²) in [6, 6.07) is 0. The van der Waals surface area contributed by atoms with Gasteiger partial charge in [0.15, 0.2) is 0 Å². The lowest BCUT2D eigenvalue weighted by molar-refractivity contribution is 0.267. The van der Waals surface area contributed by atoms with Crippen molar-refractivity contribution in [3.05, 3.63) is 0 Å². The van der Waals surface area contributed by atoms with Gasteiger partial charge in [-0.3, -0.25) is 0 Å². The third kappa shape index (κ3) is 3.28. The minimum Gasteiger partial charge on any atom is -0.329 e. The highest BCUT2D eigenvalue weighted by Crippen LogP contribution is 2.32. The van der Waals surface area contributed by atoms with Crippen LogP contribution in [0.4, 0.5) is 0 Å². The molecule has 0 spiro atoms. The van der Waals surface area contributed by atoms with E-state index in [1.165, 1.54) is 19.3 Å². The molecule has 2 heteroatoms. The molecule has 78 valence electrons. The van der Waals surface area contributed by atoms with E-state index in [1.807, 2.05) is 0 Å². The van der Waals surface area contributed by atoms with Gasteiger partial charge in [0, 0.05) is 12.1 Å². The molecule has 13 heavy (non-hydrogen) atoms. The zero-order chi connectivity index (χ0) is 9.90. The Balaban J connectivity index is 2.20. The highest BCUT2D eigenvalue weighted by atomic mass is 15.0. The molecule has 0 aromatic heterocycles. The lowest BCUT2D eigenvalue weighted by Crippen LogP contribution is -2.53. The molecule has 1 aliphatic carbocycles. The first-order chi connectivity index (χ1) is 6.08. The third-order valence-electron chi connectivity index (χ3n) is 3.48. The molecule has 3 N–H and O–H groups in total. The van der Waals surface area contributed by atoms with Crippen molar-refractivity contribution in [2.45, 2.75) is 45.6 Å². The standard InChI is InChI=1S/C11H24N2/c1-9(2)11(3,8-12)13-7-6-10-4-5-10/h9-10,13H,4-8,12H2,1-3H3. The maximum absolute atomic E-state index is 5.78. The molecule has 0 heterocycles. The van der Waals surface area contributed by atoms with Crippen LogP contribution in [-0.4, -0.2) is 18.6 Å². The Hall–Kier alpha value is -0.0800. The number of rotatable bonds is 6. The maximum Gasteiger partial charge on any atom is 0.0298 e. The highest BCUT2D eigenvalue weighted by molar-refractivity contribution is 4.88. The van der Waals surface area contributed by atoms with E-state index >= 15 is 0 Å². The van der Waals surface area contributed by atoms with E-state index in [4.69, 9.17) is 5.73 Å². The van der Waals surface area contributed by atoms with E-state index in [2.05, 4.69) is 26.1 Å². The predicted octanol–water partition coefficient (Wildman–Crippen LogP) is 1.75. The Morgan fingerprint density at radius 2 is 2.08 bits per heavy atom. The molecule has 0 aliphatic heterocycles. The highest BCUT2D eigenvalue weighted by Gasteiger charge is 2.27. The second kappa shape index (κ2) is 4.43. The number of nitrogens with one attached hydrogen (secondary N) is 1. The van der Waals surface area contributed by atoms with Crippen molar-refractivity contribution in [1.29, 1.82) is 0 Å². The first-order valence-electron chi connectivity index (χ1n) is 5.53. The molecule has 1 atom stereocenters.